The number of hydrogen-bond acceptors (Lipinski definition) is 2. The Morgan fingerprint density at radius 3 is 2.72 bits per heavy atom. The van der Waals surface area contributed by atoms with E-state index in [2.05, 4.69) is 15.9 Å². The van der Waals surface area contributed by atoms with Crippen molar-refractivity contribution in [2.24, 2.45) is 0 Å². The molecule has 2 aromatic carbocycles. The number of halogens is 2. The molecule has 0 radical (unpaired) electrons. The first kappa shape index (κ1) is 12.8. The van der Waals surface area contributed by atoms with Crippen molar-refractivity contribution in [3.05, 3.63) is 57.8 Å². The number of carbonyl (C=O) groups is 1. The van der Waals surface area contributed by atoms with Crippen molar-refractivity contribution in [2.45, 2.75) is 6.92 Å². The molecule has 0 aromatic heterocycles. The largest absolute Gasteiger partial charge is 0.457 e. The minimum atomic E-state index is -0.587. The van der Waals surface area contributed by atoms with Crippen LogP contribution in [-0.2, 0) is 0 Å². The maximum atomic E-state index is 13.4. The van der Waals surface area contributed by atoms with E-state index in [9.17, 15) is 9.18 Å². The van der Waals surface area contributed by atoms with E-state index in [0.717, 1.165) is 10.0 Å². The molecule has 0 saturated heterocycles. The number of aldehydes is 1. The van der Waals surface area contributed by atoms with Crippen LogP contribution in [0.1, 0.15) is 15.9 Å². The van der Waals surface area contributed by atoms with Gasteiger partial charge >= 0.3 is 0 Å². The zero-order chi connectivity index (χ0) is 13.1. The van der Waals surface area contributed by atoms with Crippen LogP contribution in [0.2, 0.25) is 0 Å². The summed E-state index contributed by atoms with van der Waals surface area (Å²) < 4.78 is 19.9. The van der Waals surface area contributed by atoms with Gasteiger partial charge in [-0.1, -0.05) is 22.0 Å². The summed E-state index contributed by atoms with van der Waals surface area (Å²) in [6.07, 6.45) is 0.455. The van der Waals surface area contributed by atoms with Crippen LogP contribution in [0, 0.1) is 12.7 Å². The summed E-state index contributed by atoms with van der Waals surface area (Å²) >= 11 is 3.38. The molecule has 0 unspecified atom stereocenters. The lowest BCUT2D eigenvalue weighted by Gasteiger charge is -2.09. The van der Waals surface area contributed by atoms with Gasteiger partial charge in [0.1, 0.15) is 17.3 Å². The fraction of sp³-hybridized carbons (Fsp3) is 0.0714. The summed E-state index contributed by atoms with van der Waals surface area (Å²) in [5.74, 6) is 0.187. The molecule has 2 nitrogen and oxygen atoms in total. The molecular formula is C14H10BrFO2. The van der Waals surface area contributed by atoms with Crippen molar-refractivity contribution >= 4 is 22.2 Å². The van der Waals surface area contributed by atoms with Crippen LogP contribution in [0.5, 0.6) is 11.5 Å². The van der Waals surface area contributed by atoms with Crippen molar-refractivity contribution in [1.29, 1.82) is 0 Å². The van der Waals surface area contributed by atoms with E-state index in [1.807, 2.05) is 19.1 Å². The zero-order valence-electron chi connectivity index (χ0n) is 9.61. The molecule has 0 aliphatic carbocycles. The van der Waals surface area contributed by atoms with E-state index in [-0.39, 0.29) is 11.3 Å². The Hall–Kier alpha value is -1.68. The van der Waals surface area contributed by atoms with E-state index in [0.29, 0.717) is 12.0 Å². The second-order valence-electron chi connectivity index (χ2n) is 3.78. The van der Waals surface area contributed by atoms with Crippen LogP contribution in [0.25, 0.3) is 0 Å². The van der Waals surface area contributed by atoms with Crippen molar-refractivity contribution in [2.75, 3.05) is 0 Å². The Kier molecular flexibility index (Phi) is 3.77. The summed E-state index contributed by atoms with van der Waals surface area (Å²) in [6.45, 7) is 1.92. The van der Waals surface area contributed by atoms with Crippen LogP contribution in [0.15, 0.2) is 40.9 Å². The average Bonchev–Trinajstić information content (AvgIpc) is 2.34. The highest BCUT2D eigenvalue weighted by Crippen LogP contribution is 2.28. The van der Waals surface area contributed by atoms with Crippen LogP contribution < -0.4 is 4.74 Å². The predicted molar refractivity (Wildman–Crippen MR) is 70.7 cm³/mol. The third-order valence-corrected chi connectivity index (χ3v) is 3.38. The number of hydrogen-bond donors (Lipinski definition) is 0. The Bertz CT molecular complexity index is 596. The van der Waals surface area contributed by atoms with Crippen molar-refractivity contribution in [3.63, 3.8) is 0 Å². The summed E-state index contributed by atoms with van der Waals surface area (Å²) in [7, 11) is 0. The molecule has 0 heterocycles. The molecule has 0 atom stereocenters. The van der Waals surface area contributed by atoms with Crippen LogP contribution in [0.3, 0.4) is 0 Å². The molecule has 2 aromatic rings. The molecule has 0 bridgehead atoms. The lowest BCUT2D eigenvalue weighted by molar-refractivity contribution is 0.111. The molecule has 0 fully saturated rings. The molecule has 0 saturated carbocycles. The Balaban J connectivity index is 2.36. The molecule has 0 spiro atoms. The summed E-state index contributed by atoms with van der Waals surface area (Å²) in [5.41, 5.74) is 0.926. The predicted octanol–water partition coefficient (Wildman–Crippen LogP) is 4.50. The Morgan fingerprint density at radius 1 is 1.28 bits per heavy atom. The topological polar surface area (TPSA) is 26.3 Å². The molecule has 0 aliphatic heterocycles. The lowest BCUT2D eigenvalue weighted by Crippen LogP contribution is -1.94. The quantitative estimate of drug-likeness (QED) is 0.780. The van der Waals surface area contributed by atoms with Crippen molar-refractivity contribution in [1.82, 2.24) is 0 Å². The SMILES string of the molecule is Cc1cc(Oc2cccc(F)c2C=O)ccc1Br. The highest BCUT2D eigenvalue weighted by molar-refractivity contribution is 9.10. The molecule has 4 heteroatoms. The van der Waals surface area contributed by atoms with E-state index < -0.39 is 5.82 Å². The van der Waals surface area contributed by atoms with Gasteiger partial charge in [0.15, 0.2) is 6.29 Å². The molecule has 0 aliphatic rings. The summed E-state index contributed by atoms with van der Waals surface area (Å²) in [5, 5.41) is 0. The Morgan fingerprint density at radius 2 is 2.06 bits per heavy atom. The fourth-order valence-electron chi connectivity index (χ4n) is 1.53. The van der Waals surface area contributed by atoms with Crippen molar-refractivity contribution < 1.29 is 13.9 Å². The summed E-state index contributed by atoms with van der Waals surface area (Å²) in [4.78, 5) is 10.8. The van der Waals surface area contributed by atoms with Gasteiger partial charge in [-0.2, -0.15) is 0 Å². The monoisotopic (exact) mass is 308 g/mol. The summed E-state index contributed by atoms with van der Waals surface area (Å²) in [6, 6.07) is 9.68. The lowest BCUT2D eigenvalue weighted by atomic mass is 10.2. The smallest absolute Gasteiger partial charge is 0.156 e. The zero-order valence-corrected chi connectivity index (χ0v) is 11.2. The molecule has 92 valence electrons. The van der Waals surface area contributed by atoms with Gasteiger partial charge in [-0.3, -0.25) is 4.79 Å². The average molecular weight is 309 g/mol. The number of aryl methyl sites for hydroxylation is 1. The fourth-order valence-corrected chi connectivity index (χ4v) is 1.77. The third kappa shape index (κ3) is 2.59. The van der Waals surface area contributed by atoms with Gasteiger partial charge in [-0.15, -0.1) is 0 Å². The van der Waals surface area contributed by atoms with Gasteiger partial charge in [0.2, 0.25) is 0 Å². The molecule has 18 heavy (non-hydrogen) atoms. The van der Waals surface area contributed by atoms with Crippen molar-refractivity contribution in [3.8, 4) is 11.5 Å². The minimum Gasteiger partial charge on any atom is -0.457 e. The third-order valence-electron chi connectivity index (χ3n) is 2.49. The standard InChI is InChI=1S/C14H10BrFO2/c1-9-7-10(5-6-12(9)15)18-14-4-2-3-13(16)11(14)8-17/h2-8H,1H3. The molecular weight excluding hydrogens is 299 g/mol. The molecule has 0 N–H and O–H groups in total. The first-order chi connectivity index (χ1) is 8.61. The maximum absolute atomic E-state index is 13.4. The van der Waals surface area contributed by atoms with Crippen LogP contribution in [0.4, 0.5) is 4.39 Å². The van der Waals surface area contributed by atoms with Gasteiger partial charge in [0.05, 0.1) is 5.56 Å². The first-order valence-corrected chi connectivity index (χ1v) is 6.09. The van der Waals surface area contributed by atoms with Gasteiger partial charge in [0.25, 0.3) is 0 Å². The van der Waals surface area contributed by atoms with Gasteiger partial charge in [-0.05, 0) is 42.8 Å². The second kappa shape index (κ2) is 5.31. The first-order valence-electron chi connectivity index (χ1n) is 5.29. The van der Waals surface area contributed by atoms with E-state index in [4.69, 9.17) is 4.74 Å². The number of ether oxygens (including phenoxy) is 1. The highest BCUT2D eigenvalue weighted by atomic mass is 79.9. The van der Waals surface area contributed by atoms with Gasteiger partial charge in [0, 0.05) is 4.47 Å². The number of benzene rings is 2. The number of carbonyl (C=O) groups excluding carboxylic acids is 1. The van der Waals surface area contributed by atoms with E-state index in [1.165, 1.54) is 12.1 Å². The van der Waals surface area contributed by atoms with E-state index >= 15 is 0 Å². The van der Waals surface area contributed by atoms with Crippen LogP contribution in [-0.4, -0.2) is 6.29 Å². The maximum Gasteiger partial charge on any atom is 0.156 e. The second-order valence-corrected chi connectivity index (χ2v) is 4.64. The number of rotatable bonds is 3. The minimum absolute atomic E-state index is 0.0712. The normalized spacial score (nSPS) is 10.2. The molecule has 2 rings (SSSR count). The van der Waals surface area contributed by atoms with E-state index in [1.54, 1.807) is 12.1 Å². The van der Waals surface area contributed by atoms with Crippen LogP contribution >= 0.6 is 15.9 Å². The highest BCUT2D eigenvalue weighted by Gasteiger charge is 2.09. The Labute approximate surface area is 113 Å². The molecule has 0 amide bonds. The van der Waals surface area contributed by atoms with Gasteiger partial charge < -0.3 is 4.74 Å². The van der Waals surface area contributed by atoms with Gasteiger partial charge in [-0.25, -0.2) is 4.39 Å².